The molecule has 0 spiro atoms. The number of benzene rings is 1. The van der Waals surface area contributed by atoms with Crippen LogP contribution in [0.5, 0.6) is 0 Å². The highest BCUT2D eigenvalue weighted by Crippen LogP contribution is 2.33. The van der Waals surface area contributed by atoms with E-state index in [9.17, 15) is 14.4 Å². The van der Waals surface area contributed by atoms with E-state index in [1.54, 1.807) is 30.3 Å². The van der Waals surface area contributed by atoms with Crippen LogP contribution in [0.15, 0.2) is 45.7 Å². The van der Waals surface area contributed by atoms with Crippen molar-refractivity contribution in [1.29, 1.82) is 0 Å². The third-order valence-electron chi connectivity index (χ3n) is 3.40. The predicted molar refractivity (Wildman–Crippen MR) is 93.0 cm³/mol. The third kappa shape index (κ3) is 3.78. The van der Waals surface area contributed by atoms with Gasteiger partial charge in [0.1, 0.15) is 5.76 Å². The molecule has 128 valence electrons. The molecular weight excluding hydrogens is 366 g/mol. The van der Waals surface area contributed by atoms with Crippen molar-refractivity contribution in [3.05, 3.63) is 63.4 Å². The van der Waals surface area contributed by atoms with Gasteiger partial charge in [0.15, 0.2) is 0 Å². The van der Waals surface area contributed by atoms with E-state index < -0.39 is 17.1 Å². The Kier molecular flexibility index (Phi) is 4.96. The van der Waals surface area contributed by atoms with Crippen LogP contribution in [0.3, 0.4) is 0 Å². The van der Waals surface area contributed by atoms with Crippen LogP contribution < -0.4 is 0 Å². The van der Waals surface area contributed by atoms with Gasteiger partial charge in [0, 0.05) is 5.02 Å². The number of methoxy groups -OCH3 is 1. The largest absolute Gasteiger partial charge is 0.463 e. The van der Waals surface area contributed by atoms with Crippen LogP contribution >= 0.6 is 23.4 Å². The fraction of sp³-hybridized carbons (Fsp3) is 0.118. The van der Waals surface area contributed by atoms with Gasteiger partial charge in [-0.15, -0.1) is 0 Å². The topological polar surface area (TPSA) is 76.8 Å². The zero-order chi connectivity index (χ0) is 18.0. The van der Waals surface area contributed by atoms with E-state index in [0.717, 1.165) is 22.2 Å². The molecule has 2 amide bonds. The molecule has 1 aromatic carbocycles. The summed E-state index contributed by atoms with van der Waals surface area (Å²) >= 11 is 6.68. The van der Waals surface area contributed by atoms with Crippen molar-refractivity contribution in [3.63, 3.8) is 0 Å². The highest BCUT2D eigenvalue weighted by Gasteiger charge is 2.35. The Hall–Kier alpha value is -2.51. The molecule has 6 nitrogen and oxygen atoms in total. The van der Waals surface area contributed by atoms with Gasteiger partial charge in [-0.1, -0.05) is 23.7 Å². The number of ether oxygens (including phenoxy) is 1. The van der Waals surface area contributed by atoms with Crippen molar-refractivity contribution >= 4 is 46.6 Å². The van der Waals surface area contributed by atoms with Gasteiger partial charge < -0.3 is 9.15 Å². The number of nitrogens with zero attached hydrogens (tertiary/aromatic N) is 1. The minimum atomic E-state index is -0.622. The van der Waals surface area contributed by atoms with Gasteiger partial charge in [-0.05, 0) is 47.7 Å². The van der Waals surface area contributed by atoms with Gasteiger partial charge >= 0.3 is 5.97 Å². The Morgan fingerprint density at radius 3 is 2.64 bits per heavy atom. The van der Waals surface area contributed by atoms with Crippen LogP contribution in [0.2, 0.25) is 5.02 Å². The summed E-state index contributed by atoms with van der Waals surface area (Å²) in [5, 5.41) is 0.186. The number of halogens is 1. The number of carbonyl (C=O) groups excluding carboxylic acids is 3. The molecule has 1 aliphatic heterocycles. The van der Waals surface area contributed by atoms with E-state index in [2.05, 4.69) is 4.74 Å². The molecule has 2 heterocycles. The maximum Gasteiger partial charge on any atom is 0.373 e. The number of hydrogen-bond acceptors (Lipinski definition) is 6. The second-order valence-electron chi connectivity index (χ2n) is 5.08. The summed E-state index contributed by atoms with van der Waals surface area (Å²) in [6.07, 6.45) is 1.63. The highest BCUT2D eigenvalue weighted by molar-refractivity contribution is 8.18. The molecule has 0 aliphatic carbocycles. The number of rotatable bonds is 4. The molecule has 0 radical (unpaired) electrons. The molecule has 3 rings (SSSR count). The van der Waals surface area contributed by atoms with E-state index in [4.69, 9.17) is 16.0 Å². The number of amides is 2. The maximum absolute atomic E-state index is 12.4. The summed E-state index contributed by atoms with van der Waals surface area (Å²) < 4.78 is 9.85. The Balaban J connectivity index is 1.76. The lowest BCUT2D eigenvalue weighted by Gasteiger charge is -2.09. The van der Waals surface area contributed by atoms with E-state index in [1.807, 2.05) is 0 Å². The van der Waals surface area contributed by atoms with Crippen LogP contribution in [0.25, 0.3) is 6.08 Å². The van der Waals surface area contributed by atoms with Gasteiger partial charge in [0.05, 0.1) is 18.6 Å². The Morgan fingerprint density at radius 2 is 1.96 bits per heavy atom. The lowest BCUT2D eigenvalue weighted by molar-refractivity contribution is -0.123. The van der Waals surface area contributed by atoms with Gasteiger partial charge in [-0.25, -0.2) is 4.79 Å². The summed E-state index contributed by atoms with van der Waals surface area (Å²) in [7, 11) is 1.24. The fourth-order valence-corrected chi connectivity index (χ4v) is 3.14. The quantitative estimate of drug-likeness (QED) is 0.593. The fourth-order valence-electron chi connectivity index (χ4n) is 2.18. The van der Waals surface area contributed by atoms with Crippen molar-refractivity contribution in [2.24, 2.45) is 0 Å². The minimum Gasteiger partial charge on any atom is -0.463 e. The number of thioether (sulfide) groups is 1. The number of furan rings is 1. The number of carbonyl (C=O) groups is 3. The SMILES string of the molecule is COC(=O)c1ccc(CN2C(=O)S/C(=C/c3ccc(Cl)cc3)C2=O)o1. The summed E-state index contributed by atoms with van der Waals surface area (Å²) in [4.78, 5) is 37.3. The van der Waals surface area contributed by atoms with Crippen molar-refractivity contribution < 1.29 is 23.5 Å². The van der Waals surface area contributed by atoms with E-state index in [1.165, 1.54) is 19.2 Å². The smallest absolute Gasteiger partial charge is 0.373 e. The second kappa shape index (κ2) is 7.16. The van der Waals surface area contributed by atoms with Crippen LogP contribution in [-0.4, -0.2) is 29.1 Å². The monoisotopic (exact) mass is 377 g/mol. The standard InChI is InChI=1S/C17H12ClNO5S/c1-23-16(21)13-7-6-12(24-13)9-19-15(20)14(25-17(19)22)8-10-2-4-11(18)5-3-10/h2-8H,9H2,1H3/b14-8+. The summed E-state index contributed by atoms with van der Waals surface area (Å²) in [6, 6.07) is 9.88. The van der Waals surface area contributed by atoms with Gasteiger partial charge in [0.2, 0.25) is 5.76 Å². The summed E-state index contributed by atoms with van der Waals surface area (Å²) in [5.74, 6) is -0.708. The average molecular weight is 378 g/mol. The molecule has 25 heavy (non-hydrogen) atoms. The summed E-state index contributed by atoms with van der Waals surface area (Å²) in [6.45, 7) is -0.0559. The van der Waals surface area contributed by atoms with E-state index in [-0.39, 0.29) is 12.3 Å². The van der Waals surface area contributed by atoms with Gasteiger partial charge in [-0.2, -0.15) is 0 Å². The predicted octanol–water partition coefficient (Wildman–Crippen LogP) is 3.96. The maximum atomic E-state index is 12.4. The molecule has 2 aromatic rings. The van der Waals surface area contributed by atoms with Gasteiger partial charge in [0.25, 0.3) is 11.1 Å². The number of imide groups is 1. The second-order valence-corrected chi connectivity index (χ2v) is 6.51. The first-order chi connectivity index (χ1) is 12.0. The zero-order valence-electron chi connectivity index (χ0n) is 13.0. The molecule has 0 unspecified atom stereocenters. The van der Waals surface area contributed by atoms with Crippen LogP contribution in [0.1, 0.15) is 21.9 Å². The van der Waals surface area contributed by atoms with E-state index >= 15 is 0 Å². The van der Waals surface area contributed by atoms with Gasteiger partial charge in [-0.3, -0.25) is 14.5 Å². The average Bonchev–Trinajstić information content (AvgIpc) is 3.17. The molecule has 8 heteroatoms. The first-order valence-electron chi connectivity index (χ1n) is 7.16. The number of hydrogen-bond donors (Lipinski definition) is 0. The molecule has 1 aliphatic rings. The van der Waals surface area contributed by atoms with E-state index in [0.29, 0.717) is 15.7 Å². The molecule has 0 saturated carbocycles. The van der Waals surface area contributed by atoms with Crippen molar-refractivity contribution in [2.75, 3.05) is 7.11 Å². The lowest BCUT2D eigenvalue weighted by Crippen LogP contribution is -2.27. The van der Waals surface area contributed by atoms with Crippen LogP contribution in [-0.2, 0) is 16.1 Å². The molecule has 1 fully saturated rings. The molecule has 0 bridgehead atoms. The third-order valence-corrected chi connectivity index (χ3v) is 4.56. The zero-order valence-corrected chi connectivity index (χ0v) is 14.6. The minimum absolute atomic E-state index is 0.0150. The molecule has 1 saturated heterocycles. The van der Waals surface area contributed by atoms with Crippen LogP contribution in [0, 0.1) is 0 Å². The molecule has 1 aromatic heterocycles. The number of esters is 1. The molecule has 0 N–H and O–H groups in total. The molecular formula is C17H12ClNO5S. The molecule has 0 atom stereocenters. The van der Waals surface area contributed by atoms with Crippen LogP contribution in [0.4, 0.5) is 4.79 Å². The Labute approximate surface area is 152 Å². The normalized spacial score (nSPS) is 15.9. The lowest BCUT2D eigenvalue weighted by atomic mass is 10.2. The first-order valence-corrected chi connectivity index (χ1v) is 8.35. The first kappa shape index (κ1) is 17.3. The Bertz CT molecular complexity index is 871. The highest BCUT2D eigenvalue weighted by atomic mass is 35.5. The van der Waals surface area contributed by atoms with Crippen molar-refractivity contribution in [2.45, 2.75) is 6.54 Å². The van der Waals surface area contributed by atoms with Crippen molar-refractivity contribution in [3.8, 4) is 0 Å². The summed E-state index contributed by atoms with van der Waals surface area (Å²) in [5.41, 5.74) is 0.765. The Morgan fingerprint density at radius 1 is 1.24 bits per heavy atom. The van der Waals surface area contributed by atoms with Crippen molar-refractivity contribution in [1.82, 2.24) is 4.90 Å².